The molecule has 1 aromatic carbocycles. The van der Waals surface area contributed by atoms with Crippen LogP contribution in [0.4, 0.5) is 0 Å². The molecule has 0 aliphatic carbocycles. The highest BCUT2D eigenvalue weighted by Gasteiger charge is 2.22. The van der Waals surface area contributed by atoms with Crippen LogP contribution in [0.15, 0.2) is 24.3 Å². The lowest BCUT2D eigenvalue weighted by atomic mass is 10.2. The van der Waals surface area contributed by atoms with Gasteiger partial charge < -0.3 is 9.84 Å². The highest BCUT2D eigenvalue weighted by molar-refractivity contribution is 6.30. The molecule has 1 aliphatic heterocycles. The van der Waals surface area contributed by atoms with Gasteiger partial charge in [-0.05, 0) is 43.7 Å². The second kappa shape index (κ2) is 6.24. The zero-order valence-electron chi connectivity index (χ0n) is 9.81. The van der Waals surface area contributed by atoms with Crippen molar-refractivity contribution in [1.29, 1.82) is 0 Å². The van der Waals surface area contributed by atoms with Crippen LogP contribution in [-0.2, 0) is 0 Å². The third-order valence-corrected chi connectivity index (χ3v) is 3.42. The summed E-state index contributed by atoms with van der Waals surface area (Å²) in [7, 11) is 0. The van der Waals surface area contributed by atoms with Gasteiger partial charge in [0.2, 0.25) is 0 Å². The third kappa shape index (κ3) is 3.60. The summed E-state index contributed by atoms with van der Waals surface area (Å²) >= 11 is 5.80. The fourth-order valence-corrected chi connectivity index (χ4v) is 2.33. The number of ether oxygens (including phenoxy) is 1. The monoisotopic (exact) mass is 255 g/mol. The minimum absolute atomic E-state index is 0.251. The molecule has 4 heteroatoms. The summed E-state index contributed by atoms with van der Waals surface area (Å²) in [5.41, 5.74) is 0. The molecule has 1 heterocycles. The molecule has 0 bridgehead atoms. The Morgan fingerprint density at radius 2 is 2.12 bits per heavy atom. The first kappa shape index (κ1) is 12.7. The summed E-state index contributed by atoms with van der Waals surface area (Å²) in [5, 5.41) is 9.91. The largest absolute Gasteiger partial charge is 0.492 e. The molecular formula is C13H18ClNO2. The van der Waals surface area contributed by atoms with Gasteiger partial charge in [0.15, 0.2) is 0 Å². The summed E-state index contributed by atoms with van der Waals surface area (Å²) in [6.45, 7) is 2.84. The molecule has 0 spiro atoms. The second-order valence-electron chi connectivity index (χ2n) is 4.32. The third-order valence-electron chi connectivity index (χ3n) is 3.17. The molecule has 3 nitrogen and oxygen atoms in total. The van der Waals surface area contributed by atoms with Crippen molar-refractivity contribution in [1.82, 2.24) is 4.90 Å². The van der Waals surface area contributed by atoms with Gasteiger partial charge in [-0.1, -0.05) is 11.6 Å². The van der Waals surface area contributed by atoms with Crippen molar-refractivity contribution in [2.24, 2.45) is 0 Å². The van der Waals surface area contributed by atoms with E-state index >= 15 is 0 Å². The molecule has 2 rings (SSSR count). The maximum atomic E-state index is 9.19. The van der Waals surface area contributed by atoms with Crippen LogP contribution in [0, 0.1) is 0 Å². The van der Waals surface area contributed by atoms with Crippen LogP contribution in [0.3, 0.4) is 0 Å². The predicted octanol–water partition coefficient (Wildman–Crippen LogP) is 2.18. The maximum absolute atomic E-state index is 9.19. The average molecular weight is 256 g/mol. The van der Waals surface area contributed by atoms with Crippen LogP contribution in [0.1, 0.15) is 12.8 Å². The molecule has 1 atom stereocenters. The van der Waals surface area contributed by atoms with E-state index in [1.165, 1.54) is 6.42 Å². The van der Waals surface area contributed by atoms with E-state index in [9.17, 15) is 5.11 Å². The minimum atomic E-state index is 0.251. The van der Waals surface area contributed by atoms with Gasteiger partial charge in [-0.2, -0.15) is 0 Å². The Labute approximate surface area is 107 Å². The van der Waals surface area contributed by atoms with E-state index in [0.29, 0.717) is 12.6 Å². The number of halogens is 1. The molecule has 1 N–H and O–H groups in total. The van der Waals surface area contributed by atoms with Crippen LogP contribution in [0.2, 0.25) is 5.02 Å². The van der Waals surface area contributed by atoms with Crippen LogP contribution in [0.25, 0.3) is 0 Å². The van der Waals surface area contributed by atoms with E-state index in [1.54, 1.807) is 0 Å². The predicted molar refractivity (Wildman–Crippen MR) is 68.6 cm³/mol. The van der Waals surface area contributed by atoms with Crippen molar-refractivity contribution in [2.75, 3.05) is 26.3 Å². The number of hydrogen-bond donors (Lipinski definition) is 1. The summed E-state index contributed by atoms with van der Waals surface area (Å²) in [5.74, 6) is 0.842. The van der Waals surface area contributed by atoms with Gasteiger partial charge in [0.25, 0.3) is 0 Å². The molecule has 1 saturated heterocycles. The summed E-state index contributed by atoms with van der Waals surface area (Å²) in [4.78, 5) is 2.29. The molecule has 0 aromatic heterocycles. The Bertz CT molecular complexity index is 342. The first-order valence-electron chi connectivity index (χ1n) is 6.03. The van der Waals surface area contributed by atoms with Gasteiger partial charge in [-0.3, -0.25) is 4.90 Å². The normalized spacial score (nSPS) is 20.7. The second-order valence-corrected chi connectivity index (χ2v) is 4.75. The topological polar surface area (TPSA) is 32.7 Å². The number of nitrogens with zero attached hydrogens (tertiary/aromatic N) is 1. The first-order chi connectivity index (χ1) is 8.29. The lowest BCUT2D eigenvalue weighted by molar-refractivity contribution is 0.139. The Kier molecular flexibility index (Phi) is 4.66. The Morgan fingerprint density at radius 3 is 2.82 bits per heavy atom. The molecule has 0 unspecified atom stereocenters. The number of likely N-dealkylation sites (tertiary alicyclic amines) is 1. The molecule has 1 aromatic rings. The number of aliphatic hydroxyl groups is 1. The van der Waals surface area contributed by atoms with Crippen molar-refractivity contribution in [3.63, 3.8) is 0 Å². The van der Waals surface area contributed by atoms with Gasteiger partial charge in [0, 0.05) is 17.6 Å². The van der Waals surface area contributed by atoms with Crippen molar-refractivity contribution >= 4 is 11.6 Å². The highest BCUT2D eigenvalue weighted by atomic mass is 35.5. The van der Waals surface area contributed by atoms with E-state index in [4.69, 9.17) is 16.3 Å². The smallest absolute Gasteiger partial charge is 0.119 e. The Morgan fingerprint density at radius 1 is 1.35 bits per heavy atom. The number of benzene rings is 1. The Hall–Kier alpha value is -0.770. The summed E-state index contributed by atoms with van der Waals surface area (Å²) in [6, 6.07) is 7.71. The van der Waals surface area contributed by atoms with Gasteiger partial charge in [0.05, 0.1) is 6.61 Å². The molecule has 0 radical (unpaired) electrons. The molecular weight excluding hydrogens is 238 g/mol. The van der Waals surface area contributed by atoms with E-state index in [0.717, 1.165) is 30.3 Å². The standard InChI is InChI=1S/C13H18ClNO2/c14-11-3-5-13(6-4-11)17-9-8-15-7-1-2-12(15)10-16/h3-6,12,16H,1-2,7-10H2/t12-/m1/s1. The van der Waals surface area contributed by atoms with Crippen molar-refractivity contribution in [3.05, 3.63) is 29.3 Å². The summed E-state index contributed by atoms with van der Waals surface area (Å²) < 4.78 is 5.63. The highest BCUT2D eigenvalue weighted by Crippen LogP contribution is 2.17. The minimum Gasteiger partial charge on any atom is -0.492 e. The van der Waals surface area contributed by atoms with Crippen LogP contribution < -0.4 is 4.74 Å². The molecule has 17 heavy (non-hydrogen) atoms. The quantitative estimate of drug-likeness (QED) is 0.875. The fraction of sp³-hybridized carbons (Fsp3) is 0.538. The van der Waals surface area contributed by atoms with Gasteiger partial charge in [0.1, 0.15) is 12.4 Å². The van der Waals surface area contributed by atoms with E-state index < -0.39 is 0 Å². The van der Waals surface area contributed by atoms with Crippen molar-refractivity contribution in [3.8, 4) is 5.75 Å². The fourth-order valence-electron chi connectivity index (χ4n) is 2.21. The molecule has 0 amide bonds. The van der Waals surface area contributed by atoms with Crippen LogP contribution in [-0.4, -0.2) is 42.4 Å². The zero-order chi connectivity index (χ0) is 12.1. The SMILES string of the molecule is OC[C@H]1CCCN1CCOc1ccc(Cl)cc1. The Balaban J connectivity index is 1.74. The number of rotatable bonds is 5. The number of hydrogen-bond acceptors (Lipinski definition) is 3. The van der Waals surface area contributed by atoms with Gasteiger partial charge in [-0.25, -0.2) is 0 Å². The molecule has 1 aliphatic rings. The van der Waals surface area contributed by atoms with Crippen molar-refractivity contribution < 1.29 is 9.84 Å². The zero-order valence-corrected chi connectivity index (χ0v) is 10.6. The summed E-state index contributed by atoms with van der Waals surface area (Å²) in [6.07, 6.45) is 2.27. The average Bonchev–Trinajstić information content (AvgIpc) is 2.79. The molecule has 0 saturated carbocycles. The first-order valence-corrected chi connectivity index (χ1v) is 6.40. The maximum Gasteiger partial charge on any atom is 0.119 e. The van der Waals surface area contributed by atoms with E-state index in [2.05, 4.69) is 4.90 Å². The molecule has 1 fully saturated rings. The van der Waals surface area contributed by atoms with Gasteiger partial charge >= 0.3 is 0 Å². The molecule has 94 valence electrons. The lowest BCUT2D eigenvalue weighted by Crippen LogP contribution is -2.35. The van der Waals surface area contributed by atoms with Crippen LogP contribution in [0.5, 0.6) is 5.75 Å². The van der Waals surface area contributed by atoms with E-state index in [-0.39, 0.29) is 6.61 Å². The lowest BCUT2D eigenvalue weighted by Gasteiger charge is -2.22. The van der Waals surface area contributed by atoms with E-state index in [1.807, 2.05) is 24.3 Å². The number of aliphatic hydroxyl groups excluding tert-OH is 1. The van der Waals surface area contributed by atoms with Gasteiger partial charge in [-0.15, -0.1) is 0 Å². The van der Waals surface area contributed by atoms with Crippen LogP contribution >= 0.6 is 11.6 Å². The van der Waals surface area contributed by atoms with Crippen molar-refractivity contribution in [2.45, 2.75) is 18.9 Å².